The first-order chi connectivity index (χ1) is 12.4. The Bertz CT molecular complexity index is 895. The van der Waals surface area contributed by atoms with Crippen molar-refractivity contribution in [2.75, 3.05) is 31.0 Å². The minimum absolute atomic E-state index is 0.155. The molecule has 0 aliphatic carbocycles. The Kier molecular flexibility index (Phi) is 5.55. The number of carbonyl (C=O) groups excluding carboxylic acids is 1. The van der Waals surface area contributed by atoms with Crippen molar-refractivity contribution in [3.63, 3.8) is 0 Å². The fourth-order valence-electron chi connectivity index (χ4n) is 2.50. The number of rotatable bonds is 4. The molecule has 0 aromatic heterocycles. The summed E-state index contributed by atoms with van der Waals surface area (Å²) < 4.78 is 5.63. The van der Waals surface area contributed by atoms with E-state index in [0.717, 1.165) is 11.3 Å². The summed E-state index contributed by atoms with van der Waals surface area (Å²) in [6.07, 6.45) is 1.85. The van der Waals surface area contributed by atoms with Crippen LogP contribution < -0.4 is 14.5 Å². The lowest BCUT2D eigenvalue weighted by atomic mass is 10.2. The Hall–Kier alpha value is -2.02. The molecule has 1 heterocycles. The minimum atomic E-state index is -0.155. The summed E-state index contributed by atoms with van der Waals surface area (Å²) in [5.74, 6) is 0.398. The Balaban J connectivity index is 1.87. The SMILES string of the molecule is COc1ccc(N2C(=O)C(=Cc3ccc(N(C)C)cc3)SC2=S)cc1Cl. The van der Waals surface area contributed by atoms with Gasteiger partial charge in [0.05, 0.1) is 22.7 Å². The van der Waals surface area contributed by atoms with Gasteiger partial charge >= 0.3 is 0 Å². The Morgan fingerprint density at radius 2 is 1.88 bits per heavy atom. The maximum Gasteiger partial charge on any atom is 0.270 e. The zero-order chi connectivity index (χ0) is 18.8. The highest BCUT2D eigenvalue weighted by atomic mass is 35.5. The lowest BCUT2D eigenvalue weighted by molar-refractivity contribution is -0.113. The van der Waals surface area contributed by atoms with E-state index < -0.39 is 0 Å². The fraction of sp³-hybridized carbons (Fsp3) is 0.158. The maximum atomic E-state index is 12.8. The van der Waals surface area contributed by atoms with Crippen LogP contribution in [0.25, 0.3) is 6.08 Å². The van der Waals surface area contributed by atoms with Crippen LogP contribution in [0.5, 0.6) is 5.75 Å². The molecule has 26 heavy (non-hydrogen) atoms. The van der Waals surface area contributed by atoms with E-state index >= 15 is 0 Å². The third-order valence-corrected chi connectivity index (χ3v) is 5.49. The van der Waals surface area contributed by atoms with Crippen LogP contribution in [-0.2, 0) is 4.79 Å². The number of halogens is 1. The number of benzene rings is 2. The number of amides is 1. The molecule has 1 fully saturated rings. The van der Waals surface area contributed by atoms with Crippen LogP contribution in [0.15, 0.2) is 47.4 Å². The van der Waals surface area contributed by atoms with Crippen molar-refractivity contribution >= 4 is 63.3 Å². The predicted molar refractivity (Wildman–Crippen MR) is 114 cm³/mol. The first-order valence-corrected chi connectivity index (χ1v) is 9.40. The molecule has 2 aromatic rings. The van der Waals surface area contributed by atoms with E-state index in [4.69, 9.17) is 28.6 Å². The number of hydrogen-bond acceptors (Lipinski definition) is 5. The summed E-state index contributed by atoms with van der Waals surface area (Å²) in [6, 6.07) is 13.1. The number of nitrogens with zero attached hydrogens (tertiary/aromatic N) is 2. The van der Waals surface area contributed by atoms with Crippen LogP contribution in [0.4, 0.5) is 11.4 Å². The number of thiocarbonyl (C=S) groups is 1. The summed E-state index contributed by atoms with van der Waals surface area (Å²) >= 11 is 12.9. The molecule has 0 N–H and O–H groups in total. The highest BCUT2D eigenvalue weighted by Crippen LogP contribution is 2.38. The number of methoxy groups -OCH3 is 1. The fourth-order valence-corrected chi connectivity index (χ4v) is 4.06. The third kappa shape index (κ3) is 3.72. The molecule has 7 heteroatoms. The van der Waals surface area contributed by atoms with Gasteiger partial charge in [-0.25, -0.2) is 0 Å². The van der Waals surface area contributed by atoms with Gasteiger partial charge in [-0.3, -0.25) is 9.69 Å². The Morgan fingerprint density at radius 1 is 1.19 bits per heavy atom. The summed E-state index contributed by atoms with van der Waals surface area (Å²) in [4.78, 5) is 16.9. The molecule has 0 atom stereocenters. The Labute approximate surface area is 167 Å². The second-order valence-electron chi connectivity index (χ2n) is 5.82. The number of thioether (sulfide) groups is 1. The van der Waals surface area contributed by atoms with Crippen LogP contribution in [0.3, 0.4) is 0 Å². The van der Waals surface area contributed by atoms with E-state index in [1.807, 2.05) is 49.3 Å². The van der Waals surface area contributed by atoms with Gasteiger partial charge in [0.2, 0.25) is 0 Å². The zero-order valence-electron chi connectivity index (χ0n) is 14.5. The first kappa shape index (κ1) is 18.8. The van der Waals surface area contributed by atoms with Crippen molar-refractivity contribution < 1.29 is 9.53 Å². The van der Waals surface area contributed by atoms with Crippen LogP contribution in [0, 0.1) is 0 Å². The van der Waals surface area contributed by atoms with E-state index in [9.17, 15) is 4.79 Å². The normalized spacial score (nSPS) is 15.7. The van der Waals surface area contributed by atoms with Gasteiger partial charge in [-0.2, -0.15) is 0 Å². The van der Waals surface area contributed by atoms with Gasteiger partial charge in [0.25, 0.3) is 5.91 Å². The number of carbonyl (C=O) groups is 1. The van der Waals surface area contributed by atoms with Crippen molar-refractivity contribution in [2.24, 2.45) is 0 Å². The summed E-state index contributed by atoms with van der Waals surface area (Å²) in [7, 11) is 5.52. The van der Waals surface area contributed by atoms with Crippen LogP contribution in [0.2, 0.25) is 5.02 Å². The van der Waals surface area contributed by atoms with Crippen molar-refractivity contribution in [1.29, 1.82) is 0 Å². The molecule has 1 aliphatic rings. The summed E-state index contributed by atoms with van der Waals surface area (Å²) in [6.45, 7) is 0. The van der Waals surface area contributed by atoms with E-state index in [0.29, 0.717) is 25.7 Å². The average molecular weight is 405 g/mol. The van der Waals surface area contributed by atoms with Gasteiger partial charge in [-0.05, 0) is 42.0 Å². The average Bonchev–Trinajstić information content (AvgIpc) is 2.89. The van der Waals surface area contributed by atoms with Crippen molar-refractivity contribution in [3.8, 4) is 5.75 Å². The van der Waals surface area contributed by atoms with Gasteiger partial charge in [-0.15, -0.1) is 0 Å². The minimum Gasteiger partial charge on any atom is -0.495 e. The molecule has 0 bridgehead atoms. The summed E-state index contributed by atoms with van der Waals surface area (Å²) in [5, 5.41) is 0.433. The lowest BCUT2D eigenvalue weighted by Crippen LogP contribution is -2.27. The molecular formula is C19H17ClN2O2S2. The summed E-state index contributed by atoms with van der Waals surface area (Å²) in [5.41, 5.74) is 2.68. The largest absolute Gasteiger partial charge is 0.495 e. The van der Waals surface area contributed by atoms with Gasteiger partial charge in [0.1, 0.15) is 5.75 Å². The van der Waals surface area contributed by atoms with E-state index in [1.165, 1.54) is 16.7 Å². The van der Waals surface area contributed by atoms with Gasteiger partial charge in [0.15, 0.2) is 4.32 Å². The monoisotopic (exact) mass is 404 g/mol. The zero-order valence-corrected chi connectivity index (χ0v) is 16.9. The molecule has 134 valence electrons. The van der Waals surface area contributed by atoms with Crippen LogP contribution >= 0.6 is 35.6 Å². The number of ether oxygens (including phenoxy) is 1. The first-order valence-electron chi connectivity index (χ1n) is 7.79. The maximum absolute atomic E-state index is 12.8. The molecule has 1 aliphatic heterocycles. The molecule has 1 saturated heterocycles. The predicted octanol–water partition coefficient (Wildman–Crippen LogP) is 4.82. The molecule has 0 unspecified atom stereocenters. The molecule has 2 aromatic carbocycles. The van der Waals surface area contributed by atoms with Gasteiger partial charge < -0.3 is 9.64 Å². The second-order valence-corrected chi connectivity index (χ2v) is 7.90. The van der Waals surface area contributed by atoms with Crippen molar-refractivity contribution in [1.82, 2.24) is 0 Å². The van der Waals surface area contributed by atoms with Crippen molar-refractivity contribution in [2.45, 2.75) is 0 Å². The van der Waals surface area contributed by atoms with E-state index in [-0.39, 0.29) is 5.91 Å². The standard InChI is InChI=1S/C19H17ClN2O2S2/c1-21(2)13-6-4-12(5-7-13)10-17-18(23)22(19(25)26-17)14-8-9-16(24-3)15(20)11-14/h4-11H,1-3H3. The lowest BCUT2D eigenvalue weighted by Gasteiger charge is -2.15. The van der Waals surface area contributed by atoms with Crippen LogP contribution in [0.1, 0.15) is 5.56 Å². The van der Waals surface area contributed by atoms with E-state index in [1.54, 1.807) is 25.3 Å². The molecule has 4 nitrogen and oxygen atoms in total. The second kappa shape index (κ2) is 7.70. The number of anilines is 2. The smallest absolute Gasteiger partial charge is 0.270 e. The van der Waals surface area contributed by atoms with Crippen molar-refractivity contribution in [3.05, 3.63) is 58.0 Å². The molecule has 1 amide bonds. The molecule has 0 saturated carbocycles. The molecular weight excluding hydrogens is 388 g/mol. The quantitative estimate of drug-likeness (QED) is 0.539. The molecule has 0 spiro atoms. The highest BCUT2D eigenvalue weighted by Gasteiger charge is 2.33. The van der Waals surface area contributed by atoms with Gasteiger partial charge in [-0.1, -0.05) is 47.7 Å². The molecule has 0 radical (unpaired) electrons. The van der Waals surface area contributed by atoms with Crippen LogP contribution in [-0.4, -0.2) is 31.4 Å². The van der Waals surface area contributed by atoms with Gasteiger partial charge in [0, 0.05) is 19.8 Å². The number of hydrogen-bond donors (Lipinski definition) is 0. The third-order valence-electron chi connectivity index (χ3n) is 3.89. The topological polar surface area (TPSA) is 32.8 Å². The van der Waals surface area contributed by atoms with E-state index in [2.05, 4.69) is 0 Å². The molecule has 3 rings (SSSR count). The Morgan fingerprint density at radius 3 is 2.46 bits per heavy atom. The highest BCUT2D eigenvalue weighted by molar-refractivity contribution is 8.27.